The van der Waals surface area contributed by atoms with Gasteiger partial charge in [-0.25, -0.2) is 0 Å². The number of hydrogen-bond acceptors (Lipinski definition) is 4. The molecule has 1 aliphatic rings. The summed E-state index contributed by atoms with van der Waals surface area (Å²) in [5, 5.41) is 8.90. The molecule has 1 saturated heterocycles. The second-order valence-corrected chi connectivity index (χ2v) is 8.99. The fourth-order valence-corrected chi connectivity index (χ4v) is 4.66. The second kappa shape index (κ2) is 10.7. The Kier molecular flexibility index (Phi) is 7.07. The highest BCUT2D eigenvalue weighted by molar-refractivity contribution is 5.95. The van der Waals surface area contributed by atoms with Gasteiger partial charge in [0.15, 0.2) is 0 Å². The maximum Gasteiger partial charge on any atom is 0.251 e. The number of benzene rings is 4. The van der Waals surface area contributed by atoms with Crippen LogP contribution in [0, 0.1) is 0 Å². The smallest absolute Gasteiger partial charge is 0.251 e. The van der Waals surface area contributed by atoms with E-state index < -0.39 is 0 Å². The lowest BCUT2D eigenvalue weighted by Crippen LogP contribution is -2.42. The van der Waals surface area contributed by atoms with Crippen LogP contribution in [0.4, 0.5) is 0 Å². The number of ether oxygens (including phenoxy) is 1. The van der Waals surface area contributed by atoms with Crippen LogP contribution < -0.4 is 15.4 Å². The van der Waals surface area contributed by atoms with Gasteiger partial charge in [0.25, 0.3) is 5.91 Å². The molecule has 5 heteroatoms. The monoisotopic (exact) mass is 465 g/mol. The van der Waals surface area contributed by atoms with Crippen molar-refractivity contribution in [2.75, 3.05) is 33.3 Å². The number of carbonyl (C=O) groups is 1. The van der Waals surface area contributed by atoms with Gasteiger partial charge in [-0.1, -0.05) is 54.6 Å². The Morgan fingerprint density at radius 1 is 0.914 bits per heavy atom. The molecule has 1 fully saturated rings. The molecule has 0 aliphatic carbocycles. The average Bonchev–Trinajstić information content (AvgIpc) is 2.92. The van der Waals surface area contributed by atoms with E-state index in [0.717, 1.165) is 55.2 Å². The number of fused-ring (bicyclic) bond motifs is 1. The van der Waals surface area contributed by atoms with E-state index >= 15 is 0 Å². The van der Waals surface area contributed by atoms with Crippen molar-refractivity contribution in [3.8, 4) is 16.9 Å². The highest BCUT2D eigenvalue weighted by atomic mass is 16.5. The molecule has 0 saturated carbocycles. The summed E-state index contributed by atoms with van der Waals surface area (Å²) in [5.74, 6) is 0.757. The van der Waals surface area contributed by atoms with Crippen molar-refractivity contribution < 1.29 is 9.53 Å². The van der Waals surface area contributed by atoms with Gasteiger partial charge in [-0.05, 0) is 63.4 Å². The first-order valence-electron chi connectivity index (χ1n) is 12.2. The molecule has 0 bridgehead atoms. The van der Waals surface area contributed by atoms with Gasteiger partial charge in [-0.15, -0.1) is 0 Å². The van der Waals surface area contributed by atoms with E-state index in [0.29, 0.717) is 12.1 Å². The number of hydrogen-bond donors (Lipinski definition) is 2. The number of piperazine rings is 1. The summed E-state index contributed by atoms with van der Waals surface area (Å²) in [4.78, 5) is 15.3. The Bertz CT molecular complexity index is 1290. The lowest BCUT2D eigenvalue weighted by atomic mass is 10.0. The summed E-state index contributed by atoms with van der Waals surface area (Å²) >= 11 is 0. The summed E-state index contributed by atoms with van der Waals surface area (Å²) in [6.07, 6.45) is 0. The highest BCUT2D eigenvalue weighted by Crippen LogP contribution is 2.24. The van der Waals surface area contributed by atoms with Crippen LogP contribution in [-0.2, 0) is 13.1 Å². The maximum atomic E-state index is 12.8. The number of nitrogens with one attached hydrogen (secondary N) is 2. The largest absolute Gasteiger partial charge is 0.497 e. The lowest BCUT2D eigenvalue weighted by Gasteiger charge is -2.27. The molecule has 5 rings (SSSR count). The third-order valence-electron chi connectivity index (χ3n) is 6.66. The number of nitrogens with zero attached hydrogens (tertiary/aromatic N) is 1. The summed E-state index contributed by atoms with van der Waals surface area (Å²) in [5.41, 5.74) is 5.26. The quantitative estimate of drug-likeness (QED) is 0.410. The average molecular weight is 466 g/mol. The van der Waals surface area contributed by atoms with E-state index in [4.69, 9.17) is 4.74 Å². The zero-order chi connectivity index (χ0) is 24.0. The van der Waals surface area contributed by atoms with Crippen LogP contribution in [0.15, 0.2) is 84.9 Å². The van der Waals surface area contributed by atoms with Crippen LogP contribution >= 0.6 is 0 Å². The Balaban J connectivity index is 1.24. The maximum absolute atomic E-state index is 12.8. The highest BCUT2D eigenvalue weighted by Gasteiger charge is 2.11. The predicted molar refractivity (Wildman–Crippen MR) is 142 cm³/mol. The van der Waals surface area contributed by atoms with Gasteiger partial charge in [0.05, 0.1) is 7.11 Å². The van der Waals surface area contributed by atoms with Crippen LogP contribution in [0.5, 0.6) is 5.75 Å². The summed E-state index contributed by atoms with van der Waals surface area (Å²) in [6, 6.07) is 28.6. The van der Waals surface area contributed by atoms with Gasteiger partial charge in [-0.2, -0.15) is 0 Å². The van der Waals surface area contributed by atoms with Gasteiger partial charge in [0.1, 0.15) is 5.75 Å². The Hall–Kier alpha value is -3.67. The van der Waals surface area contributed by atoms with Crippen LogP contribution in [0.1, 0.15) is 21.5 Å². The fraction of sp³-hybridized carbons (Fsp3) is 0.233. The van der Waals surface area contributed by atoms with Crippen LogP contribution in [-0.4, -0.2) is 44.1 Å². The molecular weight excluding hydrogens is 434 g/mol. The molecule has 4 aromatic rings. The van der Waals surface area contributed by atoms with Crippen molar-refractivity contribution in [1.29, 1.82) is 0 Å². The van der Waals surface area contributed by atoms with E-state index in [1.54, 1.807) is 7.11 Å². The molecule has 0 unspecified atom stereocenters. The minimum Gasteiger partial charge on any atom is -0.497 e. The summed E-state index contributed by atoms with van der Waals surface area (Å²) in [7, 11) is 1.66. The molecule has 0 spiro atoms. The molecule has 5 nitrogen and oxygen atoms in total. The Morgan fingerprint density at radius 3 is 2.34 bits per heavy atom. The van der Waals surface area contributed by atoms with Crippen molar-refractivity contribution in [3.05, 3.63) is 102 Å². The van der Waals surface area contributed by atoms with Gasteiger partial charge in [-0.3, -0.25) is 9.69 Å². The molecule has 0 atom stereocenters. The standard InChI is InChI=1S/C30H31N3O2/c1-35-28-12-10-24(11-13-28)23-6-8-25(9-7-23)30(34)32-20-27-4-2-3-26-19-22(5-14-29(26)27)21-33-17-15-31-16-18-33/h2-14,19,31H,15-18,20-21H2,1H3,(H,32,34). The third-order valence-corrected chi connectivity index (χ3v) is 6.66. The molecule has 0 radical (unpaired) electrons. The minimum absolute atomic E-state index is 0.0707. The molecule has 4 aromatic carbocycles. The topological polar surface area (TPSA) is 53.6 Å². The van der Waals surface area contributed by atoms with Crippen molar-refractivity contribution in [2.45, 2.75) is 13.1 Å². The van der Waals surface area contributed by atoms with Crippen LogP contribution in [0.2, 0.25) is 0 Å². The van der Waals surface area contributed by atoms with E-state index in [2.05, 4.69) is 51.9 Å². The first-order valence-corrected chi connectivity index (χ1v) is 12.2. The Labute approximate surface area is 206 Å². The van der Waals surface area contributed by atoms with Gasteiger partial charge >= 0.3 is 0 Å². The number of rotatable bonds is 7. The van der Waals surface area contributed by atoms with Crippen molar-refractivity contribution >= 4 is 16.7 Å². The van der Waals surface area contributed by atoms with E-state index in [1.807, 2.05) is 48.5 Å². The van der Waals surface area contributed by atoms with Crippen molar-refractivity contribution in [3.63, 3.8) is 0 Å². The van der Waals surface area contributed by atoms with E-state index in [1.165, 1.54) is 16.3 Å². The van der Waals surface area contributed by atoms with E-state index in [9.17, 15) is 4.79 Å². The molecule has 35 heavy (non-hydrogen) atoms. The SMILES string of the molecule is COc1ccc(-c2ccc(C(=O)NCc3cccc4cc(CN5CCNCC5)ccc34)cc2)cc1. The number of amides is 1. The molecule has 2 N–H and O–H groups in total. The molecule has 1 amide bonds. The van der Waals surface area contributed by atoms with Crippen molar-refractivity contribution in [1.82, 2.24) is 15.5 Å². The number of carbonyl (C=O) groups excluding carboxylic acids is 1. The van der Waals surface area contributed by atoms with Gasteiger partial charge < -0.3 is 15.4 Å². The summed E-state index contributed by atoms with van der Waals surface area (Å²) in [6.45, 7) is 5.76. The zero-order valence-electron chi connectivity index (χ0n) is 20.1. The summed E-state index contributed by atoms with van der Waals surface area (Å²) < 4.78 is 5.23. The molecule has 0 aromatic heterocycles. The van der Waals surface area contributed by atoms with Crippen LogP contribution in [0.3, 0.4) is 0 Å². The Morgan fingerprint density at radius 2 is 1.63 bits per heavy atom. The lowest BCUT2D eigenvalue weighted by molar-refractivity contribution is 0.0951. The van der Waals surface area contributed by atoms with Gasteiger partial charge in [0.2, 0.25) is 0 Å². The molecule has 178 valence electrons. The van der Waals surface area contributed by atoms with Crippen molar-refractivity contribution in [2.24, 2.45) is 0 Å². The molecule has 1 heterocycles. The first-order chi connectivity index (χ1) is 17.2. The van der Waals surface area contributed by atoms with Gasteiger partial charge in [0, 0.05) is 44.8 Å². The van der Waals surface area contributed by atoms with E-state index in [-0.39, 0.29) is 5.91 Å². The second-order valence-electron chi connectivity index (χ2n) is 8.99. The number of methoxy groups -OCH3 is 1. The first kappa shape index (κ1) is 23.1. The zero-order valence-corrected chi connectivity index (χ0v) is 20.1. The normalized spacial score (nSPS) is 14.1. The fourth-order valence-electron chi connectivity index (χ4n) is 4.66. The molecular formula is C30H31N3O2. The third kappa shape index (κ3) is 5.53. The van der Waals surface area contributed by atoms with Crippen LogP contribution in [0.25, 0.3) is 21.9 Å². The minimum atomic E-state index is -0.0707. The predicted octanol–water partition coefficient (Wildman–Crippen LogP) is 4.85. The molecule has 1 aliphatic heterocycles.